The Morgan fingerprint density at radius 2 is 2.08 bits per heavy atom. The van der Waals surface area contributed by atoms with Gasteiger partial charge in [-0.25, -0.2) is 0 Å². The quantitative estimate of drug-likeness (QED) is 0.764. The molecule has 2 saturated carbocycles. The standard InChI is InChI=1S/C21H26N2O3/c1-12-4-3-5-15(8-12)23-7-6-22(11-13(23)2)20(24)18-14-9-16-17(10-14)26-21(25)19(16)18/h3-5,8,13-14,16-19H,6-7,9-11H2,1-2H3/t13?,14-,16+,17-,18+,19-/m1/s1. The molecule has 1 unspecified atom stereocenters. The fourth-order valence-corrected chi connectivity index (χ4v) is 5.90. The van der Waals surface area contributed by atoms with Gasteiger partial charge < -0.3 is 14.5 Å². The van der Waals surface area contributed by atoms with Crippen molar-refractivity contribution in [3.8, 4) is 0 Å². The van der Waals surface area contributed by atoms with Crippen molar-refractivity contribution >= 4 is 17.6 Å². The first-order chi connectivity index (χ1) is 12.5. The van der Waals surface area contributed by atoms with Crippen molar-refractivity contribution in [3.05, 3.63) is 29.8 Å². The fourth-order valence-electron chi connectivity index (χ4n) is 5.90. The topological polar surface area (TPSA) is 49.9 Å². The molecule has 0 spiro atoms. The smallest absolute Gasteiger partial charge is 0.310 e. The molecule has 5 nitrogen and oxygen atoms in total. The van der Waals surface area contributed by atoms with Crippen molar-refractivity contribution in [3.63, 3.8) is 0 Å². The van der Waals surface area contributed by atoms with Crippen molar-refractivity contribution in [1.82, 2.24) is 4.90 Å². The Morgan fingerprint density at radius 1 is 1.23 bits per heavy atom. The lowest BCUT2D eigenvalue weighted by Gasteiger charge is -2.43. The summed E-state index contributed by atoms with van der Waals surface area (Å²) in [5.74, 6) is 0.409. The van der Waals surface area contributed by atoms with Gasteiger partial charge in [0, 0.05) is 37.3 Å². The van der Waals surface area contributed by atoms with Crippen molar-refractivity contribution < 1.29 is 14.3 Å². The molecule has 2 aliphatic heterocycles. The fraction of sp³-hybridized carbons (Fsp3) is 0.619. The minimum atomic E-state index is -0.170. The number of hydrogen-bond donors (Lipinski definition) is 0. The Hall–Kier alpha value is -2.04. The lowest BCUT2D eigenvalue weighted by Crippen LogP contribution is -2.56. The summed E-state index contributed by atoms with van der Waals surface area (Å²) in [6, 6.07) is 8.82. The maximum atomic E-state index is 13.3. The van der Waals surface area contributed by atoms with E-state index in [0.717, 1.165) is 32.5 Å². The summed E-state index contributed by atoms with van der Waals surface area (Å²) < 4.78 is 5.50. The summed E-state index contributed by atoms with van der Waals surface area (Å²) in [5.41, 5.74) is 2.48. The number of piperazine rings is 1. The molecular weight excluding hydrogens is 328 g/mol. The van der Waals surface area contributed by atoms with Crippen molar-refractivity contribution in [2.24, 2.45) is 23.7 Å². The van der Waals surface area contributed by atoms with Gasteiger partial charge >= 0.3 is 5.97 Å². The van der Waals surface area contributed by atoms with Crippen LogP contribution in [0, 0.1) is 30.6 Å². The molecule has 0 radical (unpaired) electrons. The van der Waals surface area contributed by atoms with Crippen LogP contribution < -0.4 is 4.90 Å². The van der Waals surface area contributed by atoms with Crippen LogP contribution in [0.2, 0.25) is 0 Å². The second-order valence-corrected chi connectivity index (χ2v) is 8.59. The number of ether oxygens (including phenoxy) is 1. The highest BCUT2D eigenvalue weighted by Gasteiger charge is 2.64. The van der Waals surface area contributed by atoms with E-state index in [1.54, 1.807) is 0 Å². The normalized spacial score (nSPS) is 38.0. The van der Waals surface area contributed by atoms with E-state index in [9.17, 15) is 9.59 Å². The number of anilines is 1. The molecule has 1 aromatic carbocycles. The van der Waals surface area contributed by atoms with Gasteiger partial charge in [0.05, 0.1) is 11.8 Å². The van der Waals surface area contributed by atoms with E-state index in [2.05, 4.69) is 43.0 Å². The number of nitrogens with zero attached hydrogens (tertiary/aromatic N) is 2. The van der Waals surface area contributed by atoms with E-state index < -0.39 is 0 Å². The number of carbonyl (C=O) groups is 2. The van der Waals surface area contributed by atoms with Crippen LogP contribution in [-0.4, -0.2) is 48.6 Å². The Bertz CT molecular complexity index is 761. The third-order valence-electron chi connectivity index (χ3n) is 7.04. The van der Waals surface area contributed by atoms with E-state index in [4.69, 9.17) is 4.74 Å². The van der Waals surface area contributed by atoms with E-state index in [0.29, 0.717) is 11.8 Å². The first kappa shape index (κ1) is 16.2. The second kappa shape index (κ2) is 5.73. The van der Waals surface area contributed by atoms with Gasteiger partial charge in [0.1, 0.15) is 6.10 Å². The Labute approximate surface area is 154 Å². The number of hydrogen-bond acceptors (Lipinski definition) is 4. The van der Waals surface area contributed by atoms with Crippen LogP contribution in [0.1, 0.15) is 25.3 Å². The first-order valence-electron chi connectivity index (χ1n) is 9.85. The average molecular weight is 354 g/mol. The molecule has 0 N–H and O–H groups in total. The zero-order chi connectivity index (χ0) is 18.0. The monoisotopic (exact) mass is 354 g/mol. The van der Waals surface area contributed by atoms with E-state index >= 15 is 0 Å². The largest absolute Gasteiger partial charge is 0.462 e. The molecule has 0 aromatic heterocycles. The lowest BCUT2D eigenvalue weighted by atomic mass is 9.79. The summed E-state index contributed by atoms with van der Waals surface area (Å²) in [6.45, 7) is 6.59. The average Bonchev–Trinajstić information content (AvgIpc) is 3.23. The minimum absolute atomic E-state index is 0.0960. The van der Waals surface area contributed by atoms with Crippen LogP contribution in [0.3, 0.4) is 0 Å². The van der Waals surface area contributed by atoms with Crippen molar-refractivity contribution in [1.29, 1.82) is 0 Å². The third kappa shape index (κ3) is 2.29. The van der Waals surface area contributed by atoms with Crippen LogP contribution in [0.15, 0.2) is 24.3 Å². The van der Waals surface area contributed by atoms with Crippen LogP contribution in [0.4, 0.5) is 5.69 Å². The van der Waals surface area contributed by atoms with Crippen LogP contribution in [-0.2, 0) is 14.3 Å². The molecule has 2 saturated heterocycles. The van der Waals surface area contributed by atoms with Crippen LogP contribution >= 0.6 is 0 Å². The predicted molar refractivity (Wildman–Crippen MR) is 97.6 cm³/mol. The molecular formula is C21H26N2O3. The molecule has 138 valence electrons. The van der Waals surface area contributed by atoms with Crippen molar-refractivity contribution in [2.75, 3.05) is 24.5 Å². The second-order valence-electron chi connectivity index (χ2n) is 8.59. The summed E-state index contributed by atoms with van der Waals surface area (Å²) in [6.07, 6.45) is 1.98. The first-order valence-corrected chi connectivity index (χ1v) is 9.85. The van der Waals surface area contributed by atoms with Gasteiger partial charge in [-0.15, -0.1) is 0 Å². The number of rotatable bonds is 2. The van der Waals surface area contributed by atoms with Gasteiger partial charge in [0.25, 0.3) is 0 Å². The number of amides is 1. The van der Waals surface area contributed by atoms with Gasteiger partial charge in [-0.1, -0.05) is 12.1 Å². The summed E-state index contributed by atoms with van der Waals surface area (Å²) >= 11 is 0. The highest BCUT2D eigenvalue weighted by atomic mass is 16.6. The molecule has 1 aromatic rings. The van der Waals surface area contributed by atoms with Gasteiger partial charge in [0.15, 0.2) is 0 Å². The molecule has 2 aliphatic carbocycles. The molecule has 26 heavy (non-hydrogen) atoms. The highest BCUT2D eigenvalue weighted by molar-refractivity contribution is 5.88. The Morgan fingerprint density at radius 3 is 2.85 bits per heavy atom. The molecule has 6 atom stereocenters. The zero-order valence-corrected chi connectivity index (χ0v) is 15.4. The van der Waals surface area contributed by atoms with E-state index in [1.165, 1.54) is 11.3 Å². The molecule has 2 bridgehead atoms. The molecule has 5 heteroatoms. The van der Waals surface area contributed by atoms with Gasteiger partial charge in [-0.2, -0.15) is 0 Å². The zero-order valence-electron chi connectivity index (χ0n) is 15.4. The predicted octanol–water partition coefficient (Wildman–Crippen LogP) is 2.23. The van der Waals surface area contributed by atoms with Crippen molar-refractivity contribution in [2.45, 2.75) is 38.8 Å². The number of benzene rings is 1. The molecule has 4 aliphatic rings. The molecule has 5 rings (SSSR count). The Kier molecular flexibility index (Phi) is 3.56. The SMILES string of the molecule is Cc1cccc(N2CCN(C(=O)[C@H]3[C@@H]4C[C@@H]5[C@H]3C(=O)O[C@@H]5C4)CC2C)c1. The van der Waals surface area contributed by atoms with Gasteiger partial charge in [-0.3, -0.25) is 9.59 Å². The minimum Gasteiger partial charge on any atom is -0.462 e. The maximum absolute atomic E-state index is 13.3. The lowest BCUT2D eigenvalue weighted by molar-refractivity contribution is -0.148. The summed E-state index contributed by atoms with van der Waals surface area (Å²) in [5, 5.41) is 0. The maximum Gasteiger partial charge on any atom is 0.310 e. The van der Waals surface area contributed by atoms with E-state index in [1.807, 2.05) is 4.90 Å². The summed E-state index contributed by atoms with van der Waals surface area (Å²) in [7, 11) is 0. The Balaban J connectivity index is 1.31. The molecule has 1 amide bonds. The molecule has 4 fully saturated rings. The number of aryl methyl sites for hydroxylation is 1. The molecule has 2 heterocycles. The van der Waals surface area contributed by atoms with E-state index in [-0.39, 0.29) is 35.9 Å². The van der Waals surface area contributed by atoms with Crippen LogP contribution in [0.25, 0.3) is 0 Å². The number of fused-ring (bicyclic) bond motifs is 1. The van der Waals surface area contributed by atoms with Gasteiger partial charge in [-0.05, 0) is 50.3 Å². The highest BCUT2D eigenvalue weighted by Crippen LogP contribution is 2.58. The number of carbonyl (C=O) groups excluding carboxylic acids is 2. The third-order valence-corrected chi connectivity index (χ3v) is 7.04. The summed E-state index contributed by atoms with van der Waals surface area (Å²) in [4.78, 5) is 29.9. The van der Waals surface area contributed by atoms with Gasteiger partial charge in [0.2, 0.25) is 5.91 Å². The van der Waals surface area contributed by atoms with Crippen LogP contribution in [0.5, 0.6) is 0 Å². The number of esters is 1.